The molecule has 0 atom stereocenters. The van der Waals surface area contributed by atoms with E-state index in [9.17, 15) is 18.5 Å². The maximum Gasteiger partial charge on any atom is 0.264 e. The third kappa shape index (κ3) is 6.80. The summed E-state index contributed by atoms with van der Waals surface area (Å²) in [5.74, 6) is -0.390. The maximum atomic E-state index is 12.9. The van der Waals surface area contributed by atoms with Gasteiger partial charge >= 0.3 is 0 Å². The molecule has 3 aromatic carbocycles. The van der Waals surface area contributed by atoms with Crippen LogP contribution in [0.2, 0.25) is 0 Å². The molecule has 208 valence electrons. The quantitative estimate of drug-likeness (QED) is 0.201. The van der Waals surface area contributed by atoms with Crippen molar-refractivity contribution in [2.24, 2.45) is 0 Å². The van der Waals surface area contributed by atoms with Crippen molar-refractivity contribution in [3.05, 3.63) is 115 Å². The zero-order chi connectivity index (χ0) is 29.5. The number of sulfonamides is 1. The first-order chi connectivity index (χ1) is 20.3. The number of rotatable bonds is 9. The molecule has 0 fully saturated rings. The lowest BCUT2D eigenvalue weighted by atomic mass is 9.98. The molecule has 0 radical (unpaired) electrons. The van der Waals surface area contributed by atoms with Gasteiger partial charge in [-0.15, -0.1) is 0 Å². The predicted molar refractivity (Wildman–Crippen MR) is 163 cm³/mol. The second-order valence-electron chi connectivity index (χ2n) is 9.12. The summed E-state index contributed by atoms with van der Waals surface area (Å²) in [5, 5.41) is 13.3. The van der Waals surface area contributed by atoms with Gasteiger partial charge in [-0.05, 0) is 48.9 Å². The second-order valence-corrected chi connectivity index (χ2v) is 11.8. The number of aryl methyl sites for hydroxylation is 1. The molecule has 42 heavy (non-hydrogen) atoms. The van der Waals surface area contributed by atoms with E-state index in [1.54, 1.807) is 6.07 Å². The van der Waals surface area contributed by atoms with Gasteiger partial charge in [0.1, 0.15) is 11.1 Å². The summed E-state index contributed by atoms with van der Waals surface area (Å²) >= 11 is 1.16. The molecule has 5 aromatic rings. The Balaban J connectivity index is 1.33. The fraction of sp³-hybridized carbons (Fsp3) is 0.0645. The van der Waals surface area contributed by atoms with E-state index >= 15 is 0 Å². The highest BCUT2D eigenvalue weighted by molar-refractivity contribution is 8.00. The van der Waals surface area contributed by atoms with Crippen LogP contribution in [0.4, 0.5) is 11.6 Å². The first-order valence-electron chi connectivity index (χ1n) is 12.7. The van der Waals surface area contributed by atoms with Gasteiger partial charge in [0, 0.05) is 29.2 Å². The smallest absolute Gasteiger partial charge is 0.264 e. The van der Waals surface area contributed by atoms with E-state index < -0.39 is 10.0 Å². The standard InChI is InChI=1S/C31H24N6O3S2/c1-21-8-10-22(11-9-21)26-18-28(23-6-3-2-4-7-23)36-30(27(26)19-32)41-20-29(38)35-24-12-14-25(15-13-24)42(39,40)37-31-33-16-5-17-34-31/h2-18H,20H2,1H3,(H,35,38)(H,33,34,37). The van der Waals surface area contributed by atoms with Crippen LogP contribution in [-0.4, -0.2) is 35.0 Å². The van der Waals surface area contributed by atoms with Crippen molar-refractivity contribution in [2.45, 2.75) is 16.8 Å². The van der Waals surface area contributed by atoms with Crippen LogP contribution in [0.5, 0.6) is 0 Å². The van der Waals surface area contributed by atoms with Crippen LogP contribution in [0, 0.1) is 18.3 Å². The average Bonchev–Trinajstić information content (AvgIpc) is 3.01. The summed E-state index contributed by atoms with van der Waals surface area (Å²) in [4.78, 5) is 25.3. The minimum Gasteiger partial charge on any atom is -0.325 e. The van der Waals surface area contributed by atoms with Crippen molar-refractivity contribution in [2.75, 3.05) is 15.8 Å². The number of benzene rings is 3. The Labute approximate surface area is 247 Å². The number of anilines is 2. The van der Waals surface area contributed by atoms with Gasteiger partial charge in [-0.25, -0.2) is 28.1 Å². The zero-order valence-electron chi connectivity index (χ0n) is 22.4. The Kier molecular flexibility index (Phi) is 8.57. The first-order valence-corrected chi connectivity index (χ1v) is 15.2. The van der Waals surface area contributed by atoms with Crippen LogP contribution in [0.15, 0.2) is 113 Å². The third-order valence-electron chi connectivity index (χ3n) is 6.11. The van der Waals surface area contributed by atoms with Gasteiger partial charge in [0.25, 0.3) is 10.0 Å². The molecule has 1 amide bonds. The molecule has 0 saturated heterocycles. The van der Waals surface area contributed by atoms with Gasteiger partial charge in [0.05, 0.1) is 21.9 Å². The van der Waals surface area contributed by atoms with E-state index in [4.69, 9.17) is 4.98 Å². The molecule has 0 bridgehead atoms. The van der Waals surface area contributed by atoms with Crippen LogP contribution < -0.4 is 10.0 Å². The number of nitrogens with zero attached hydrogens (tertiary/aromatic N) is 4. The summed E-state index contributed by atoms with van der Waals surface area (Å²) in [7, 11) is -3.90. The summed E-state index contributed by atoms with van der Waals surface area (Å²) in [6, 6.07) is 29.1. The van der Waals surface area contributed by atoms with E-state index in [1.807, 2.05) is 67.6 Å². The topological polar surface area (TPSA) is 138 Å². The van der Waals surface area contributed by atoms with E-state index in [0.29, 0.717) is 22.0 Å². The van der Waals surface area contributed by atoms with E-state index in [1.165, 1.54) is 36.7 Å². The molecule has 0 spiro atoms. The zero-order valence-corrected chi connectivity index (χ0v) is 24.0. The molecule has 2 aromatic heterocycles. The van der Waals surface area contributed by atoms with E-state index in [2.05, 4.69) is 26.1 Å². The van der Waals surface area contributed by atoms with Gasteiger partial charge in [-0.2, -0.15) is 5.26 Å². The number of nitrogens with one attached hydrogen (secondary N) is 2. The van der Waals surface area contributed by atoms with Gasteiger partial charge in [0.2, 0.25) is 11.9 Å². The van der Waals surface area contributed by atoms with Crippen molar-refractivity contribution in [3.63, 3.8) is 0 Å². The number of nitriles is 1. The number of hydrogen-bond acceptors (Lipinski definition) is 8. The second kappa shape index (κ2) is 12.6. The Bertz CT molecular complexity index is 1860. The Hall–Kier alpha value is -5.05. The maximum absolute atomic E-state index is 12.9. The lowest BCUT2D eigenvalue weighted by Crippen LogP contribution is -2.16. The first kappa shape index (κ1) is 28.5. The molecule has 11 heteroatoms. The number of aromatic nitrogens is 3. The predicted octanol–water partition coefficient (Wildman–Crippen LogP) is 5.92. The van der Waals surface area contributed by atoms with Crippen LogP contribution in [-0.2, 0) is 14.8 Å². The number of hydrogen-bond donors (Lipinski definition) is 2. The molecule has 9 nitrogen and oxygen atoms in total. The van der Waals surface area contributed by atoms with Crippen molar-refractivity contribution in [1.82, 2.24) is 15.0 Å². The normalized spacial score (nSPS) is 11.0. The lowest BCUT2D eigenvalue weighted by molar-refractivity contribution is -0.113. The summed E-state index contributed by atoms with van der Waals surface area (Å²) in [6.45, 7) is 2.00. The van der Waals surface area contributed by atoms with Gasteiger partial charge in [0.15, 0.2) is 0 Å². The molecule has 0 aliphatic carbocycles. The molecular formula is C31H24N6O3S2. The van der Waals surface area contributed by atoms with Crippen molar-refractivity contribution in [1.29, 1.82) is 5.26 Å². The largest absolute Gasteiger partial charge is 0.325 e. The molecule has 0 aliphatic heterocycles. The number of amides is 1. The number of thioether (sulfide) groups is 1. The highest BCUT2D eigenvalue weighted by Gasteiger charge is 2.18. The Morgan fingerprint density at radius 2 is 1.60 bits per heavy atom. The minimum absolute atomic E-state index is 0.00782. The monoisotopic (exact) mass is 592 g/mol. The number of carbonyl (C=O) groups is 1. The summed E-state index contributed by atoms with van der Waals surface area (Å²) in [5.41, 5.74) is 5.12. The Morgan fingerprint density at radius 1 is 0.905 bits per heavy atom. The van der Waals surface area contributed by atoms with Crippen molar-refractivity contribution >= 4 is 39.3 Å². The molecule has 0 unspecified atom stereocenters. The van der Waals surface area contributed by atoms with Crippen LogP contribution in [0.3, 0.4) is 0 Å². The third-order valence-corrected chi connectivity index (χ3v) is 8.43. The molecule has 5 rings (SSSR count). The van der Waals surface area contributed by atoms with Crippen molar-refractivity contribution in [3.8, 4) is 28.5 Å². The van der Waals surface area contributed by atoms with E-state index in [0.717, 1.165) is 34.0 Å². The minimum atomic E-state index is -3.90. The SMILES string of the molecule is Cc1ccc(-c2cc(-c3ccccc3)nc(SCC(=O)Nc3ccc(S(=O)(=O)Nc4ncccn4)cc3)c2C#N)cc1. The average molecular weight is 593 g/mol. The van der Waals surface area contributed by atoms with Crippen LogP contribution in [0.1, 0.15) is 11.1 Å². The van der Waals surface area contributed by atoms with Crippen LogP contribution in [0.25, 0.3) is 22.4 Å². The molecule has 2 N–H and O–H groups in total. The summed E-state index contributed by atoms with van der Waals surface area (Å²) in [6.07, 6.45) is 2.86. The van der Waals surface area contributed by atoms with Crippen LogP contribution >= 0.6 is 11.8 Å². The fourth-order valence-corrected chi connectivity index (χ4v) is 5.79. The molecule has 2 heterocycles. The number of carbonyl (C=O) groups excluding carboxylic acids is 1. The number of pyridine rings is 1. The fourth-order valence-electron chi connectivity index (χ4n) is 4.03. The highest BCUT2D eigenvalue weighted by atomic mass is 32.2. The van der Waals surface area contributed by atoms with Gasteiger partial charge in [-0.3, -0.25) is 4.79 Å². The van der Waals surface area contributed by atoms with E-state index in [-0.39, 0.29) is 22.5 Å². The Morgan fingerprint density at radius 3 is 2.26 bits per heavy atom. The summed E-state index contributed by atoms with van der Waals surface area (Å²) < 4.78 is 27.5. The molecule has 0 aliphatic rings. The molecular weight excluding hydrogens is 569 g/mol. The van der Waals surface area contributed by atoms with Gasteiger partial charge in [-0.1, -0.05) is 71.9 Å². The van der Waals surface area contributed by atoms with Crippen molar-refractivity contribution < 1.29 is 13.2 Å². The molecule has 0 saturated carbocycles. The lowest BCUT2D eigenvalue weighted by Gasteiger charge is -2.13. The van der Waals surface area contributed by atoms with Gasteiger partial charge < -0.3 is 5.32 Å². The highest BCUT2D eigenvalue weighted by Crippen LogP contribution is 2.34.